The summed E-state index contributed by atoms with van der Waals surface area (Å²) in [6.07, 6.45) is 5.83. The Bertz CT molecular complexity index is 389. The summed E-state index contributed by atoms with van der Waals surface area (Å²) < 4.78 is 13.9. The number of rotatable bonds is 4. The van der Waals surface area contributed by atoms with Crippen LogP contribution in [0.1, 0.15) is 56.1 Å². The van der Waals surface area contributed by atoms with Crippen LogP contribution in [0.5, 0.6) is 0 Å². The fraction of sp³-hybridized carbons (Fsp3) is 0.625. The summed E-state index contributed by atoms with van der Waals surface area (Å²) in [5.41, 5.74) is 2.09. The van der Waals surface area contributed by atoms with Gasteiger partial charge in [-0.05, 0) is 56.7 Å². The molecule has 0 bridgehead atoms. The highest BCUT2D eigenvalue weighted by atomic mass is 19.1. The Balaban J connectivity index is 2.05. The smallest absolute Gasteiger partial charge is 0.126 e. The maximum atomic E-state index is 13.9. The van der Waals surface area contributed by atoms with E-state index in [9.17, 15) is 4.39 Å². The first-order valence-corrected chi connectivity index (χ1v) is 7.20. The van der Waals surface area contributed by atoms with Gasteiger partial charge in [0, 0.05) is 6.04 Å². The van der Waals surface area contributed by atoms with Crippen LogP contribution in [-0.4, -0.2) is 12.6 Å². The van der Waals surface area contributed by atoms with Crippen LogP contribution in [0, 0.1) is 12.7 Å². The Hall–Kier alpha value is -0.890. The van der Waals surface area contributed by atoms with Crippen molar-refractivity contribution in [1.82, 2.24) is 5.32 Å². The van der Waals surface area contributed by atoms with E-state index >= 15 is 0 Å². The lowest BCUT2D eigenvalue weighted by Gasteiger charge is -2.30. The van der Waals surface area contributed by atoms with E-state index in [1.54, 1.807) is 6.07 Å². The van der Waals surface area contributed by atoms with E-state index in [1.807, 2.05) is 19.1 Å². The first kappa shape index (κ1) is 13.5. The average Bonchev–Trinajstić information content (AvgIpc) is 2.39. The zero-order valence-corrected chi connectivity index (χ0v) is 11.5. The van der Waals surface area contributed by atoms with Crippen LogP contribution in [0.4, 0.5) is 4.39 Å². The van der Waals surface area contributed by atoms with E-state index in [2.05, 4.69) is 12.2 Å². The molecule has 18 heavy (non-hydrogen) atoms. The Labute approximate surface area is 110 Å². The van der Waals surface area contributed by atoms with Crippen molar-refractivity contribution in [3.05, 3.63) is 35.1 Å². The van der Waals surface area contributed by atoms with Crippen molar-refractivity contribution in [2.24, 2.45) is 0 Å². The van der Waals surface area contributed by atoms with Crippen molar-refractivity contribution >= 4 is 0 Å². The van der Waals surface area contributed by atoms with Gasteiger partial charge in [-0.25, -0.2) is 4.39 Å². The van der Waals surface area contributed by atoms with Gasteiger partial charge < -0.3 is 5.32 Å². The van der Waals surface area contributed by atoms with Crippen LogP contribution in [0.3, 0.4) is 0 Å². The SMILES string of the molecule is CCCNC1CCCC(c2cc(C)ccc2F)C1. The molecule has 1 aromatic carbocycles. The van der Waals surface area contributed by atoms with Gasteiger partial charge in [0.15, 0.2) is 0 Å². The molecule has 1 fully saturated rings. The largest absolute Gasteiger partial charge is 0.314 e. The van der Waals surface area contributed by atoms with Crippen molar-refractivity contribution in [3.8, 4) is 0 Å². The second-order valence-electron chi connectivity index (χ2n) is 5.54. The van der Waals surface area contributed by atoms with Crippen molar-refractivity contribution in [3.63, 3.8) is 0 Å². The van der Waals surface area contributed by atoms with Gasteiger partial charge in [-0.2, -0.15) is 0 Å². The summed E-state index contributed by atoms with van der Waals surface area (Å²) in [7, 11) is 0. The molecule has 1 aromatic rings. The molecule has 1 aliphatic carbocycles. The highest BCUT2D eigenvalue weighted by molar-refractivity contribution is 5.27. The zero-order valence-electron chi connectivity index (χ0n) is 11.5. The second kappa shape index (κ2) is 6.33. The minimum Gasteiger partial charge on any atom is -0.314 e. The number of hydrogen-bond donors (Lipinski definition) is 1. The maximum absolute atomic E-state index is 13.9. The molecule has 0 amide bonds. The van der Waals surface area contributed by atoms with E-state index in [0.29, 0.717) is 12.0 Å². The van der Waals surface area contributed by atoms with Gasteiger partial charge >= 0.3 is 0 Å². The molecule has 2 unspecified atom stereocenters. The van der Waals surface area contributed by atoms with Crippen LogP contribution in [-0.2, 0) is 0 Å². The Morgan fingerprint density at radius 3 is 2.94 bits per heavy atom. The summed E-state index contributed by atoms with van der Waals surface area (Å²) in [6, 6.07) is 6.08. The van der Waals surface area contributed by atoms with E-state index in [4.69, 9.17) is 0 Å². The summed E-state index contributed by atoms with van der Waals surface area (Å²) in [6.45, 7) is 5.31. The quantitative estimate of drug-likeness (QED) is 0.845. The van der Waals surface area contributed by atoms with E-state index in [-0.39, 0.29) is 5.82 Å². The monoisotopic (exact) mass is 249 g/mol. The molecular weight excluding hydrogens is 225 g/mol. The third-order valence-electron chi connectivity index (χ3n) is 3.95. The lowest BCUT2D eigenvalue weighted by Crippen LogP contribution is -2.34. The van der Waals surface area contributed by atoms with Gasteiger partial charge in [-0.1, -0.05) is 31.0 Å². The number of nitrogens with one attached hydrogen (secondary N) is 1. The van der Waals surface area contributed by atoms with Crippen LogP contribution in [0.25, 0.3) is 0 Å². The predicted molar refractivity (Wildman–Crippen MR) is 74.4 cm³/mol. The van der Waals surface area contributed by atoms with Crippen LogP contribution >= 0.6 is 0 Å². The molecular formula is C16H24FN. The normalized spacial score (nSPS) is 24.2. The van der Waals surface area contributed by atoms with Crippen molar-refractivity contribution in [1.29, 1.82) is 0 Å². The molecule has 0 saturated heterocycles. The van der Waals surface area contributed by atoms with Crippen molar-refractivity contribution in [2.45, 2.75) is 57.9 Å². The topological polar surface area (TPSA) is 12.0 Å². The second-order valence-corrected chi connectivity index (χ2v) is 5.54. The first-order valence-electron chi connectivity index (χ1n) is 7.20. The highest BCUT2D eigenvalue weighted by Gasteiger charge is 2.24. The maximum Gasteiger partial charge on any atom is 0.126 e. The van der Waals surface area contributed by atoms with Crippen molar-refractivity contribution in [2.75, 3.05) is 6.54 Å². The molecule has 1 N–H and O–H groups in total. The molecule has 2 heteroatoms. The lowest BCUT2D eigenvalue weighted by atomic mass is 9.80. The van der Waals surface area contributed by atoms with Gasteiger partial charge in [-0.15, -0.1) is 0 Å². The lowest BCUT2D eigenvalue weighted by molar-refractivity contribution is 0.335. The fourth-order valence-corrected chi connectivity index (χ4v) is 2.98. The number of aryl methyl sites for hydroxylation is 1. The van der Waals surface area contributed by atoms with Crippen LogP contribution in [0.2, 0.25) is 0 Å². The molecule has 2 atom stereocenters. The third kappa shape index (κ3) is 3.32. The molecule has 0 heterocycles. The van der Waals surface area contributed by atoms with Gasteiger partial charge in [0.1, 0.15) is 5.82 Å². The van der Waals surface area contributed by atoms with E-state index in [0.717, 1.165) is 30.5 Å². The van der Waals surface area contributed by atoms with Crippen LogP contribution in [0.15, 0.2) is 18.2 Å². The Morgan fingerprint density at radius 1 is 1.33 bits per heavy atom. The molecule has 1 saturated carbocycles. The van der Waals surface area contributed by atoms with Gasteiger partial charge in [-0.3, -0.25) is 0 Å². The predicted octanol–water partition coefficient (Wildman–Crippen LogP) is 4.16. The Morgan fingerprint density at radius 2 is 2.17 bits per heavy atom. The first-order chi connectivity index (χ1) is 8.70. The molecule has 1 aliphatic rings. The molecule has 0 spiro atoms. The standard InChI is InChI=1S/C16H24FN/c1-3-9-18-14-6-4-5-13(11-14)15-10-12(2)7-8-16(15)17/h7-8,10,13-14,18H,3-6,9,11H2,1-2H3. The minimum absolute atomic E-state index is 0.0262. The number of hydrogen-bond acceptors (Lipinski definition) is 1. The van der Waals surface area contributed by atoms with E-state index in [1.165, 1.54) is 19.3 Å². The fourth-order valence-electron chi connectivity index (χ4n) is 2.98. The van der Waals surface area contributed by atoms with E-state index < -0.39 is 0 Å². The molecule has 0 radical (unpaired) electrons. The van der Waals surface area contributed by atoms with Crippen molar-refractivity contribution < 1.29 is 4.39 Å². The van der Waals surface area contributed by atoms with Gasteiger partial charge in [0.25, 0.3) is 0 Å². The molecule has 100 valence electrons. The molecule has 2 rings (SSSR count). The third-order valence-corrected chi connectivity index (χ3v) is 3.95. The molecule has 0 aliphatic heterocycles. The number of benzene rings is 1. The highest BCUT2D eigenvalue weighted by Crippen LogP contribution is 2.34. The summed E-state index contributed by atoms with van der Waals surface area (Å²) in [4.78, 5) is 0. The summed E-state index contributed by atoms with van der Waals surface area (Å²) in [5, 5.41) is 3.58. The Kier molecular flexibility index (Phi) is 4.76. The summed E-state index contributed by atoms with van der Waals surface area (Å²) in [5.74, 6) is 0.370. The van der Waals surface area contributed by atoms with Gasteiger partial charge in [0.2, 0.25) is 0 Å². The van der Waals surface area contributed by atoms with Crippen LogP contribution < -0.4 is 5.32 Å². The molecule has 0 aromatic heterocycles. The summed E-state index contributed by atoms with van der Waals surface area (Å²) >= 11 is 0. The average molecular weight is 249 g/mol. The van der Waals surface area contributed by atoms with Gasteiger partial charge in [0.05, 0.1) is 0 Å². The molecule has 1 nitrogen and oxygen atoms in total. The minimum atomic E-state index is -0.0262. The zero-order chi connectivity index (χ0) is 13.0. The number of halogens is 1.